The second-order valence-corrected chi connectivity index (χ2v) is 6.06. The molecule has 2 aromatic carbocycles. The number of benzene rings is 2. The molecule has 1 aromatic heterocycles. The second-order valence-electron chi connectivity index (χ2n) is 6.06. The van der Waals surface area contributed by atoms with Gasteiger partial charge in [0.2, 0.25) is 5.95 Å². The van der Waals surface area contributed by atoms with Crippen molar-refractivity contribution in [3.8, 4) is 11.5 Å². The van der Waals surface area contributed by atoms with Gasteiger partial charge in [-0.2, -0.15) is 10.1 Å². The molecule has 0 amide bonds. The Morgan fingerprint density at radius 1 is 0.889 bits per heavy atom. The summed E-state index contributed by atoms with van der Waals surface area (Å²) in [4.78, 5) is 4.43. The van der Waals surface area contributed by atoms with Gasteiger partial charge in [-0.1, -0.05) is 0 Å². The summed E-state index contributed by atoms with van der Waals surface area (Å²) in [5.41, 5.74) is 1.74. The van der Waals surface area contributed by atoms with Crippen molar-refractivity contribution in [3.05, 3.63) is 54.7 Å². The summed E-state index contributed by atoms with van der Waals surface area (Å²) in [5, 5.41) is 14.3. The van der Waals surface area contributed by atoms with Crippen molar-refractivity contribution in [1.29, 1.82) is 0 Å². The normalized spacial score (nSPS) is 10.5. The molecule has 27 heavy (non-hydrogen) atoms. The quantitative estimate of drug-likeness (QED) is 0.606. The first-order chi connectivity index (χ1) is 13.1. The molecule has 0 unspecified atom stereocenters. The largest absolute Gasteiger partial charge is 0.494 e. The van der Waals surface area contributed by atoms with Crippen LogP contribution in [-0.4, -0.2) is 27.9 Å². The molecule has 0 saturated heterocycles. The zero-order valence-corrected chi connectivity index (χ0v) is 15.6. The van der Waals surface area contributed by atoms with Crippen LogP contribution in [0.3, 0.4) is 0 Å². The third kappa shape index (κ3) is 5.57. The van der Waals surface area contributed by atoms with Crippen molar-refractivity contribution in [2.24, 2.45) is 0 Å². The minimum Gasteiger partial charge on any atom is -0.494 e. The molecule has 140 valence electrons. The van der Waals surface area contributed by atoms with E-state index in [1.807, 2.05) is 69.3 Å². The number of anilines is 4. The molecule has 0 saturated carbocycles. The summed E-state index contributed by atoms with van der Waals surface area (Å²) in [6, 6.07) is 15.3. The monoisotopic (exact) mass is 365 g/mol. The van der Waals surface area contributed by atoms with E-state index in [2.05, 4.69) is 25.8 Å². The third-order valence-electron chi connectivity index (χ3n) is 3.48. The van der Waals surface area contributed by atoms with E-state index >= 15 is 0 Å². The maximum atomic E-state index is 5.64. The van der Waals surface area contributed by atoms with Crippen molar-refractivity contribution in [2.75, 3.05) is 17.2 Å². The lowest BCUT2D eigenvalue weighted by molar-refractivity contribution is 0.242. The molecule has 7 heteroatoms. The van der Waals surface area contributed by atoms with Crippen LogP contribution in [0, 0.1) is 0 Å². The number of hydrogen-bond acceptors (Lipinski definition) is 7. The minimum absolute atomic E-state index is 0.145. The molecule has 0 aliphatic rings. The van der Waals surface area contributed by atoms with Gasteiger partial charge < -0.3 is 20.1 Å². The van der Waals surface area contributed by atoms with E-state index in [1.165, 1.54) is 0 Å². The van der Waals surface area contributed by atoms with E-state index < -0.39 is 0 Å². The van der Waals surface area contributed by atoms with Crippen LogP contribution in [0.5, 0.6) is 11.5 Å². The fourth-order valence-corrected chi connectivity index (χ4v) is 2.38. The molecule has 3 rings (SSSR count). The van der Waals surface area contributed by atoms with Crippen LogP contribution in [0.25, 0.3) is 0 Å². The van der Waals surface area contributed by atoms with Gasteiger partial charge in [-0.25, -0.2) is 0 Å². The van der Waals surface area contributed by atoms with E-state index in [4.69, 9.17) is 9.47 Å². The fourth-order valence-electron chi connectivity index (χ4n) is 2.38. The first-order valence-corrected chi connectivity index (χ1v) is 8.85. The molecule has 0 spiro atoms. The van der Waals surface area contributed by atoms with Crippen molar-refractivity contribution in [2.45, 2.75) is 26.9 Å². The molecule has 0 radical (unpaired) electrons. The zero-order chi connectivity index (χ0) is 19.1. The topological polar surface area (TPSA) is 81.2 Å². The Labute approximate surface area is 158 Å². The summed E-state index contributed by atoms with van der Waals surface area (Å²) in [6.07, 6.45) is 1.72. The van der Waals surface area contributed by atoms with Crippen LogP contribution >= 0.6 is 0 Å². The Morgan fingerprint density at radius 3 is 2.15 bits per heavy atom. The molecule has 7 nitrogen and oxygen atoms in total. The highest BCUT2D eigenvalue weighted by Gasteiger charge is 2.04. The predicted molar refractivity (Wildman–Crippen MR) is 106 cm³/mol. The van der Waals surface area contributed by atoms with E-state index in [9.17, 15) is 0 Å². The molecule has 0 aliphatic carbocycles. The lowest BCUT2D eigenvalue weighted by Gasteiger charge is -2.11. The summed E-state index contributed by atoms with van der Waals surface area (Å²) >= 11 is 0. The highest BCUT2D eigenvalue weighted by atomic mass is 16.5. The number of rotatable bonds is 8. The average molecular weight is 365 g/mol. The number of nitrogens with one attached hydrogen (secondary N) is 2. The Kier molecular flexibility index (Phi) is 6.04. The molecule has 1 heterocycles. The number of hydrogen-bond donors (Lipinski definition) is 2. The van der Waals surface area contributed by atoms with Crippen LogP contribution in [0.4, 0.5) is 23.1 Å². The summed E-state index contributed by atoms with van der Waals surface area (Å²) in [5.74, 6) is 2.65. The SMILES string of the molecule is CCOc1ccc(Nc2nncc(Nc3ccc(OC(C)C)cc3)n2)cc1. The smallest absolute Gasteiger partial charge is 0.249 e. The Hall–Kier alpha value is -3.35. The van der Waals surface area contributed by atoms with Gasteiger partial charge in [-0.05, 0) is 69.3 Å². The van der Waals surface area contributed by atoms with E-state index in [0.29, 0.717) is 18.4 Å². The highest BCUT2D eigenvalue weighted by molar-refractivity contribution is 5.59. The van der Waals surface area contributed by atoms with Gasteiger partial charge in [0, 0.05) is 11.4 Å². The Bertz CT molecular complexity index is 851. The van der Waals surface area contributed by atoms with Gasteiger partial charge in [0.1, 0.15) is 11.5 Å². The molecule has 0 aliphatic heterocycles. The lowest BCUT2D eigenvalue weighted by Crippen LogP contribution is -2.05. The lowest BCUT2D eigenvalue weighted by atomic mass is 10.3. The maximum Gasteiger partial charge on any atom is 0.249 e. The fraction of sp³-hybridized carbons (Fsp3) is 0.250. The van der Waals surface area contributed by atoms with Gasteiger partial charge in [-0.3, -0.25) is 0 Å². The van der Waals surface area contributed by atoms with Crippen LogP contribution in [0.1, 0.15) is 20.8 Å². The first kappa shape index (κ1) is 18.4. The van der Waals surface area contributed by atoms with Crippen LogP contribution in [0.2, 0.25) is 0 Å². The number of nitrogens with zero attached hydrogens (tertiary/aromatic N) is 3. The second kappa shape index (κ2) is 8.84. The predicted octanol–water partition coefficient (Wildman–Crippen LogP) is 4.54. The van der Waals surface area contributed by atoms with E-state index in [0.717, 1.165) is 22.9 Å². The third-order valence-corrected chi connectivity index (χ3v) is 3.48. The Morgan fingerprint density at radius 2 is 1.52 bits per heavy atom. The van der Waals surface area contributed by atoms with Gasteiger partial charge >= 0.3 is 0 Å². The van der Waals surface area contributed by atoms with Crippen molar-refractivity contribution in [3.63, 3.8) is 0 Å². The van der Waals surface area contributed by atoms with Crippen LogP contribution in [-0.2, 0) is 0 Å². The van der Waals surface area contributed by atoms with Crippen molar-refractivity contribution >= 4 is 23.1 Å². The number of ether oxygens (including phenoxy) is 2. The van der Waals surface area contributed by atoms with Gasteiger partial charge in [0.25, 0.3) is 0 Å². The van der Waals surface area contributed by atoms with Gasteiger partial charge in [0.05, 0.1) is 18.9 Å². The first-order valence-electron chi connectivity index (χ1n) is 8.85. The molecular formula is C20H23N5O2. The summed E-state index contributed by atoms with van der Waals surface area (Å²) in [6.45, 7) is 6.59. The minimum atomic E-state index is 0.145. The summed E-state index contributed by atoms with van der Waals surface area (Å²) < 4.78 is 11.1. The van der Waals surface area contributed by atoms with Gasteiger partial charge in [0.15, 0.2) is 5.82 Å². The van der Waals surface area contributed by atoms with Crippen LogP contribution < -0.4 is 20.1 Å². The van der Waals surface area contributed by atoms with Crippen LogP contribution in [0.15, 0.2) is 54.7 Å². The highest BCUT2D eigenvalue weighted by Crippen LogP contribution is 2.21. The molecule has 0 fully saturated rings. The molecular weight excluding hydrogens is 342 g/mol. The van der Waals surface area contributed by atoms with E-state index in [-0.39, 0.29) is 6.10 Å². The number of aromatic nitrogens is 3. The molecule has 0 bridgehead atoms. The standard InChI is InChI=1S/C20H23N5O2/c1-4-26-17-9-5-16(6-10-17)23-20-24-19(13-21-25-20)22-15-7-11-18(12-8-15)27-14(2)3/h5-14H,4H2,1-3H3,(H2,22,23,24,25). The van der Waals surface area contributed by atoms with E-state index in [1.54, 1.807) is 6.20 Å². The van der Waals surface area contributed by atoms with Gasteiger partial charge in [-0.15, -0.1) is 5.10 Å². The molecule has 0 atom stereocenters. The average Bonchev–Trinajstić information content (AvgIpc) is 2.65. The maximum absolute atomic E-state index is 5.64. The molecule has 2 N–H and O–H groups in total. The van der Waals surface area contributed by atoms with Crippen molar-refractivity contribution in [1.82, 2.24) is 15.2 Å². The zero-order valence-electron chi connectivity index (χ0n) is 15.6. The van der Waals surface area contributed by atoms with Crippen molar-refractivity contribution < 1.29 is 9.47 Å². The summed E-state index contributed by atoms with van der Waals surface area (Å²) in [7, 11) is 0. The Balaban J connectivity index is 1.64. The molecule has 3 aromatic rings.